The first-order valence-corrected chi connectivity index (χ1v) is 4.28. The first-order chi connectivity index (χ1) is 6.98. The highest BCUT2D eigenvalue weighted by Gasteiger charge is 2.30. The number of benzene rings is 1. The van der Waals surface area contributed by atoms with Gasteiger partial charge in [0.15, 0.2) is 0 Å². The monoisotopic (exact) mass is 212 g/mol. The zero-order chi connectivity index (χ0) is 11.1. The molecule has 15 heavy (non-hydrogen) atoms. The van der Waals surface area contributed by atoms with E-state index in [1.165, 1.54) is 12.3 Å². The minimum atomic E-state index is -4.32. The van der Waals surface area contributed by atoms with Crippen molar-refractivity contribution < 1.29 is 13.2 Å². The van der Waals surface area contributed by atoms with Crippen LogP contribution in [0.2, 0.25) is 0 Å². The van der Waals surface area contributed by atoms with Crippen LogP contribution in [0.25, 0.3) is 10.9 Å². The highest BCUT2D eigenvalue weighted by Crippen LogP contribution is 2.31. The van der Waals surface area contributed by atoms with E-state index in [4.69, 9.17) is 0 Å². The maximum absolute atomic E-state index is 12.4. The molecule has 0 bridgehead atoms. The van der Waals surface area contributed by atoms with Crippen LogP contribution in [0.5, 0.6) is 0 Å². The zero-order valence-electron chi connectivity index (χ0n) is 7.84. The molecule has 0 aliphatic heterocycles. The van der Waals surface area contributed by atoms with Crippen LogP contribution < -0.4 is 0 Å². The molecule has 0 N–H and O–H groups in total. The number of rotatable bonds is 0. The summed E-state index contributed by atoms with van der Waals surface area (Å²) in [5, 5.41) is 7.91. The molecular formula is C10H7F3N2. The summed E-state index contributed by atoms with van der Waals surface area (Å²) in [6.07, 6.45) is -2.87. The van der Waals surface area contributed by atoms with Crippen LogP contribution in [0.4, 0.5) is 13.2 Å². The van der Waals surface area contributed by atoms with E-state index in [2.05, 4.69) is 10.2 Å². The molecule has 0 aliphatic rings. The third-order valence-corrected chi connectivity index (χ3v) is 2.17. The molecule has 0 unspecified atom stereocenters. The lowest BCUT2D eigenvalue weighted by molar-refractivity contribution is -0.137. The fourth-order valence-corrected chi connectivity index (χ4v) is 1.36. The summed E-state index contributed by atoms with van der Waals surface area (Å²) < 4.78 is 37.2. The molecule has 1 aromatic heterocycles. The fourth-order valence-electron chi connectivity index (χ4n) is 1.36. The van der Waals surface area contributed by atoms with Crippen molar-refractivity contribution in [1.29, 1.82) is 0 Å². The van der Waals surface area contributed by atoms with E-state index in [9.17, 15) is 13.2 Å². The molecule has 1 heterocycles. The van der Waals surface area contributed by atoms with Gasteiger partial charge in [0.1, 0.15) is 0 Å². The quantitative estimate of drug-likeness (QED) is 0.670. The van der Waals surface area contributed by atoms with E-state index in [0.29, 0.717) is 16.5 Å². The molecule has 0 aliphatic carbocycles. The van der Waals surface area contributed by atoms with Crippen molar-refractivity contribution in [2.75, 3.05) is 0 Å². The Labute approximate surface area is 83.7 Å². The van der Waals surface area contributed by atoms with Gasteiger partial charge in [0.2, 0.25) is 0 Å². The van der Waals surface area contributed by atoms with Gasteiger partial charge < -0.3 is 0 Å². The summed E-state index contributed by atoms with van der Waals surface area (Å²) in [5.74, 6) is 0. The Morgan fingerprint density at radius 1 is 1.20 bits per heavy atom. The second-order valence-corrected chi connectivity index (χ2v) is 3.26. The highest BCUT2D eigenvalue weighted by molar-refractivity contribution is 5.81. The van der Waals surface area contributed by atoms with Crippen molar-refractivity contribution in [2.45, 2.75) is 13.1 Å². The van der Waals surface area contributed by atoms with Gasteiger partial charge in [0.05, 0.1) is 17.3 Å². The first kappa shape index (κ1) is 9.89. The Morgan fingerprint density at radius 3 is 2.60 bits per heavy atom. The summed E-state index contributed by atoms with van der Waals surface area (Å²) >= 11 is 0. The Kier molecular flexibility index (Phi) is 2.10. The minimum Gasteiger partial charge on any atom is -0.166 e. The topological polar surface area (TPSA) is 25.8 Å². The van der Waals surface area contributed by atoms with E-state index in [1.807, 2.05) is 0 Å². The number of nitrogens with zero attached hydrogens (tertiary/aromatic N) is 2. The van der Waals surface area contributed by atoms with Crippen molar-refractivity contribution in [3.8, 4) is 0 Å². The molecule has 0 saturated heterocycles. The van der Waals surface area contributed by atoms with E-state index >= 15 is 0 Å². The lowest BCUT2D eigenvalue weighted by atomic mass is 10.1. The van der Waals surface area contributed by atoms with E-state index < -0.39 is 11.7 Å². The third-order valence-electron chi connectivity index (χ3n) is 2.17. The molecule has 0 atom stereocenters. The Hall–Kier alpha value is -1.65. The average Bonchev–Trinajstić information content (AvgIpc) is 2.16. The molecule has 0 amide bonds. The van der Waals surface area contributed by atoms with Crippen LogP contribution in [0.15, 0.2) is 24.4 Å². The highest BCUT2D eigenvalue weighted by atomic mass is 19.4. The average molecular weight is 212 g/mol. The van der Waals surface area contributed by atoms with Crippen molar-refractivity contribution >= 4 is 10.9 Å². The number of aromatic nitrogens is 2. The number of fused-ring (bicyclic) bond motifs is 1. The normalized spacial score (nSPS) is 12.0. The molecule has 0 fully saturated rings. The van der Waals surface area contributed by atoms with Gasteiger partial charge in [-0.25, -0.2) is 0 Å². The van der Waals surface area contributed by atoms with Crippen LogP contribution in [0.3, 0.4) is 0 Å². The smallest absolute Gasteiger partial charge is 0.166 e. The first-order valence-electron chi connectivity index (χ1n) is 4.28. The van der Waals surface area contributed by atoms with Crippen LogP contribution in [-0.2, 0) is 6.18 Å². The minimum absolute atomic E-state index is 0.475. The molecule has 0 saturated carbocycles. The van der Waals surface area contributed by atoms with Crippen LogP contribution in [0.1, 0.15) is 11.1 Å². The van der Waals surface area contributed by atoms with Crippen LogP contribution >= 0.6 is 0 Å². The summed E-state index contributed by atoms with van der Waals surface area (Å²) in [5.41, 5.74) is 0.500. The predicted molar refractivity (Wildman–Crippen MR) is 49.3 cm³/mol. The second kappa shape index (κ2) is 3.18. The molecule has 0 radical (unpaired) electrons. The molecule has 0 spiro atoms. The summed E-state index contributed by atoms with van der Waals surface area (Å²) in [4.78, 5) is 0. The Balaban J connectivity index is 2.70. The lowest BCUT2D eigenvalue weighted by Crippen LogP contribution is -2.04. The van der Waals surface area contributed by atoms with Gasteiger partial charge in [-0.2, -0.15) is 23.4 Å². The molecule has 2 rings (SSSR count). The number of aryl methyl sites for hydroxylation is 1. The van der Waals surface area contributed by atoms with Crippen LogP contribution in [-0.4, -0.2) is 10.2 Å². The predicted octanol–water partition coefficient (Wildman–Crippen LogP) is 2.96. The van der Waals surface area contributed by atoms with Gasteiger partial charge in [-0.05, 0) is 30.7 Å². The summed E-state index contributed by atoms with van der Waals surface area (Å²) in [7, 11) is 0. The number of alkyl halides is 3. The van der Waals surface area contributed by atoms with Gasteiger partial charge in [0, 0.05) is 5.39 Å². The van der Waals surface area contributed by atoms with Crippen molar-refractivity contribution in [3.63, 3.8) is 0 Å². The molecule has 5 heteroatoms. The van der Waals surface area contributed by atoms with Gasteiger partial charge in [-0.3, -0.25) is 0 Å². The van der Waals surface area contributed by atoms with Gasteiger partial charge in [0.25, 0.3) is 0 Å². The van der Waals surface area contributed by atoms with Crippen molar-refractivity contribution in [1.82, 2.24) is 10.2 Å². The standard InChI is InChI=1S/C10H7F3N2/c1-6-5-14-15-9-3-2-7(4-8(6)9)10(11,12)13/h2-5H,1H3. The number of hydrogen-bond donors (Lipinski definition) is 0. The number of halogens is 3. The van der Waals surface area contributed by atoms with Crippen molar-refractivity contribution in [3.05, 3.63) is 35.5 Å². The van der Waals surface area contributed by atoms with E-state index in [0.717, 1.165) is 12.1 Å². The molecule has 1 aromatic carbocycles. The summed E-state index contributed by atoms with van der Waals surface area (Å²) in [6.45, 7) is 1.71. The van der Waals surface area contributed by atoms with E-state index in [1.54, 1.807) is 6.92 Å². The van der Waals surface area contributed by atoms with Crippen molar-refractivity contribution in [2.24, 2.45) is 0 Å². The fraction of sp³-hybridized carbons (Fsp3) is 0.200. The number of hydrogen-bond acceptors (Lipinski definition) is 2. The Morgan fingerprint density at radius 2 is 1.93 bits per heavy atom. The largest absolute Gasteiger partial charge is 0.416 e. The zero-order valence-corrected chi connectivity index (χ0v) is 7.84. The molecule has 78 valence electrons. The van der Waals surface area contributed by atoms with Crippen LogP contribution in [0, 0.1) is 6.92 Å². The lowest BCUT2D eigenvalue weighted by Gasteiger charge is -2.07. The maximum atomic E-state index is 12.4. The Bertz CT molecular complexity index is 505. The van der Waals surface area contributed by atoms with Gasteiger partial charge in [-0.1, -0.05) is 0 Å². The molecule has 2 nitrogen and oxygen atoms in total. The van der Waals surface area contributed by atoms with Gasteiger partial charge >= 0.3 is 6.18 Å². The maximum Gasteiger partial charge on any atom is 0.416 e. The van der Waals surface area contributed by atoms with Gasteiger partial charge in [-0.15, -0.1) is 0 Å². The SMILES string of the molecule is Cc1cnnc2ccc(C(F)(F)F)cc12. The molecule has 2 aromatic rings. The summed E-state index contributed by atoms with van der Waals surface area (Å²) in [6, 6.07) is 3.44. The third kappa shape index (κ3) is 1.77. The molecular weight excluding hydrogens is 205 g/mol. The van der Waals surface area contributed by atoms with E-state index in [-0.39, 0.29) is 0 Å². The second-order valence-electron chi connectivity index (χ2n) is 3.26.